The molecule has 0 aromatic heterocycles. The molecule has 0 heterocycles. The van der Waals surface area contributed by atoms with E-state index in [0.717, 1.165) is 12.8 Å². The van der Waals surface area contributed by atoms with E-state index in [4.69, 9.17) is 4.74 Å². The number of ketones is 1. The van der Waals surface area contributed by atoms with Crippen LogP contribution in [-0.4, -0.2) is 16.8 Å². The Balaban J connectivity index is 2.26. The zero-order valence-electron chi connectivity index (χ0n) is 11.4. The first kappa shape index (κ1) is 15.0. The highest BCUT2D eigenvalue weighted by Crippen LogP contribution is 2.47. The number of halogens is 1. The molecule has 5 nitrogen and oxygen atoms in total. The number of ether oxygens (including phenoxy) is 1. The third-order valence-corrected chi connectivity index (χ3v) is 5.01. The van der Waals surface area contributed by atoms with Gasteiger partial charge in [0.2, 0.25) is 0 Å². The van der Waals surface area contributed by atoms with Crippen molar-refractivity contribution in [2.45, 2.75) is 39.2 Å². The molecule has 20 heavy (non-hydrogen) atoms. The smallest absolute Gasteiger partial charge is 0.287 e. The van der Waals surface area contributed by atoms with Crippen LogP contribution in [0.15, 0.2) is 22.7 Å². The molecular weight excluding hydrogens is 326 g/mol. The average Bonchev–Trinajstić information content (AvgIpc) is 2.41. The quantitative estimate of drug-likeness (QED) is 0.601. The lowest BCUT2D eigenvalue weighted by Gasteiger charge is -2.46. The first-order valence-electron chi connectivity index (χ1n) is 6.59. The maximum atomic E-state index is 11.9. The van der Waals surface area contributed by atoms with Crippen LogP contribution in [0.1, 0.15) is 33.1 Å². The van der Waals surface area contributed by atoms with Crippen molar-refractivity contribution in [3.05, 3.63) is 32.8 Å². The van der Waals surface area contributed by atoms with E-state index in [-0.39, 0.29) is 17.6 Å². The first-order chi connectivity index (χ1) is 9.46. The molecule has 6 heteroatoms. The van der Waals surface area contributed by atoms with Crippen molar-refractivity contribution >= 4 is 27.4 Å². The molecule has 1 unspecified atom stereocenters. The van der Waals surface area contributed by atoms with Crippen LogP contribution in [0.5, 0.6) is 5.75 Å². The molecule has 1 aliphatic carbocycles. The summed E-state index contributed by atoms with van der Waals surface area (Å²) in [4.78, 5) is 22.3. The van der Waals surface area contributed by atoms with Crippen molar-refractivity contribution in [1.82, 2.24) is 0 Å². The Morgan fingerprint density at radius 2 is 2.10 bits per heavy atom. The van der Waals surface area contributed by atoms with Gasteiger partial charge in [0.15, 0.2) is 0 Å². The van der Waals surface area contributed by atoms with Crippen molar-refractivity contribution in [3.63, 3.8) is 0 Å². The van der Waals surface area contributed by atoms with Gasteiger partial charge in [-0.3, -0.25) is 14.9 Å². The summed E-state index contributed by atoms with van der Waals surface area (Å²) >= 11 is 3.21. The normalized spacial score (nSPS) is 20.4. The van der Waals surface area contributed by atoms with Crippen molar-refractivity contribution in [2.75, 3.05) is 0 Å². The standard InChI is InChI=1S/C14H16BrNO4/c1-3-14(4-2)11(17)8-12(14)20-10-7-5-6-9(13(10)15)16(18)19/h5-7,12H,3-4,8H2,1-2H3. The summed E-state index contributed by atoms with van der Waals surface area (Å²) in [6.07, 6.45) is 1.61. The molecule has 0 saturated heterocycles. The minimum Gasteiger partial charge on any atom is -0.487 e. The molecular formula is C14H16BrNO4. The maximum Gasteiger partial charge on any atom is 0.287 e. The molecule has 1 fully saturated rings. The number of nitro benzene ring substituents is 1. The Kier molecular flexibility index (Phi) is 4.13. The first-order valence-corrected chi connectivity index (χ1v) is 7.38. The van der Waals surface area contributed by atoms with E-state index in [1.54, 1.807) is 12.1 Å². The third-order valence-electron chi connectivity index (χ3n) is 4.21. The molecule has 1 aromatic rings. The van der Waals surface area contributed by atoms with Gasteiger partial charge in [-0.2, -0.15) is 0 Å². The highest BCUT2D eigenvalue weighted by molar-refractivity contribution is 9.10. The van der Waals surface area contributed by atoms with Gasteiger partial charge in [-0.05, 0) is 34.8 Å². The van der Waals surface area contributed by atoms with Gasteiger partial charge >= 0.3 is 0 Å². The zero-order chi connectivity index (χ0) is 14.9. The topological polar surface area (TPSA) is 69.4 Å². The van der Waals surface area contributed by atoms with Gasteiger partial charge in [-0.15, -0.1) is 0 Å². The fourth-order valence-corrected chi connectivity index (χ4v) is 3.26. The summed E-state index contributed by atoms with van der Waals surface area (Å²) in [5.74, 6) is 0.636. The number of carbonyl (C=O) groups is 1. The van der Waals surface area contributed by atoms with E-state index in [1.165, 1.54) is 6.07 Å². The SMILES string of the molecule is CCC1(CC)C(=O)CC1Oc1cccc([N+](=O)[O-])c1Br. The summed E-state index contributed by atoms with van der Waals surface area (Å²) < 4.78 is 6.19. The van der Waals surface area contributed by atoms with E-state index in [0.29, 0.717) is 16.6 Å². The van der Waals surface area contributed by atoms with Crippen molar-refractivity contribution in [1.29, 1.82) is 0 Å². The number of nitro groups is 1. The van der Waals surface area contributed by atoms with E-state index in [2.05, 4.69) is 15.9 Å². The molecule has 0 bridgehead atoms. The van der Waals surface area contributed by atoms with Gasteiger partial charge in [0.05, 0.1) is 10.3 Å². The molecule has 0 amide bonds. The minimum absolute atomic E-state index is 0.0354. The molecule has 0 radical (unpaired) electrons. The molecule has 0 N–H and O–H groups in total. The maximum absolute atomic E-state index is 11.9. The van der Waals surface area contributed by atoms with Gasteiger partial charge in [0.25, 0.3) is 5.69 Å². The predicted molar refractivity (Wildman–Crippen MR) is 77.9 cm³/mol. The molecule has 1 saturated carbocycles. The summed E-state index contributed by atoms with van der Waals surface area (Å²) in [6, 6.07) is 4.67. The van der Waals surface area contributed by atoms with Crippen LogP contribution in [0, 0.1) is 15.5 Å². The lowest BCUT2D eigenvalue weighted by molar-refractivity contribution is -0.385. The third kappa shape index (κ3) is 2.22. The molecule has 1 aliphatic rings. The largest absolute Gasteiger partial charge is 0.487 e. The van der Waals surface area contributed by atoms with Crippen LogP contribution >= 0.6 is 15.9 Å². The Labute approximate surface area is 125 Å². The van der Waals surface area contributed by atoms with E-state index < -0.39 is 10.3 Å². The molecule has 0 aliphatic heterocycles. The summed E-state index contributed by atoms with van der Waals surface area (Å²) in [5.41, 5.74) is -0.476. The number of hydrogen-bond donors (Lipinski definition) is 0. The monoisotopic (exact) mass is 341 g/mol. The highest BCUT2D eigenvalue weighted by Gasteiger charge is 2.54. The van der Waals surface area contributed by atoms with Crippen molar-refractivity contribution in [2.24, 2.45) is 5.41 Å². The highest BCUT2D eigenvalue weighted by atomic mass is 79.9. The minimum atomic E-state index is -0.463. The van der Waals surface area contributed by atoms with Crippen molar-refractivity contribution < 1.29 is 14.5 Å². The second kappa shape index (κ2) is 5.52. The predicted octanol–water partition coefficient (Wildman–Crippen LogP) is 3.88. The number of benzene rings is 1. The van der Waals surface area contributed by atoms with E-state index >= 15 is 0 Å². The van der Waals surface area contributed by atoms with Gasteiger partial charge in [-0.25, -0.2) is 0 Å². The molecule has 1 aromatic carbocycles. The summed E-state index contributed by atoms with van der Waals surface area (Å²) in [6.45, 7) is 3.94. The lowest BCUT2D eigenvalue weighted by atomic mass is 9.61. The molecule has 0 spiro atoms. The van der Waals surface area contributed by atoms with Crippen LogP contribution in [-0.2, 0) is 4.79 Å². The van der Waals surface area contributed by atoms with Crippen LogP contribution in [0.25, 0.3) is 0 Å². The Morgan fingerprint density at radius 3 is 2.60 bits per heavy atom. The van der Waals surface area contributed by atoms with Gasteiger partial charge in [-0.1, -0.05) is 19.9 Å². The summed E-state index contributed by atoms with van der Waals surface area (Å²) in [7, 11) is 0. The Bertz CT molecular complexity index is 554. The second-order valence-corrected chi connectivity index (χ2v) is 5.74. The van der Waals surface area contributed by atoms with E-state index in [1.807, 2.05) is 13.8 Å². The molecule has 108 valence electrons. The average molecular weight is 342 g/mol. The molecule has 2 rings (SSSR count). The van der Waals surface area contributed by atoms with Gasteiger partial charge in [0, 0.05) is 12.5 Å². The number of hydrogen-bond acceptors (Lipinski definition) is 4. The van der Waals surface area contributed by atoms with Crippen LogP contribution in [0.3, 0.4) is 0 Å². The zero-order valence-corrected chi connectivity index (χ0v) is 13.0. The lowest BCUT2D eigenvalue weighted by Crippen LogP contribution is -2.56. The number of nitrogens with zero attached hydrogens (tertiary/aromatic N) is 1. The fraction of sp³-hybridized carbons (Fsp3) is 0.500. The Morgan fingerprint density at radius 1 is 1.45 bits per heavy atom. The van der Waals surface area contributed by atoms with Gasteiger partial charge < -0.3 is 4.74 Å². The number of rotatable bonds is 5. The molecule has 1 atom stereocenters. The van der Waals surface area contributed by atoms with Crippen LogP contribution in [0.4, 0.5) is 5.69 Å². The number of carbonyl (C=O) groups excluding carboxylic acids is 1. The van der Waals surface area contributed by atoms with Crippen LogP contribution < -0.4 is 4.74 Å². The van der Waals surface area contributed by atoms with Crippen LogP contribution in [0.2, 0.25) is 0 Å². The summed E-state index contributed by atoms with van der Waals surface area (Å²) in [5, 5.41) is 10.9. The van der Waals surface area contributed by atoms with Gasteiger partial charge in [0.1, 0.15) is 22.1 Å². The Hall–Kier alpha value is -1.43. The second-order valence-electron chi connectivity index (χ2n) is 4.94. The number of Topliss-reactive ketones (excluding diaryl/α,β-unsaturated/α-hetero) is 1. The van der Waals surface area contributed by atoms with E-state index in [9.17, 15) is 14.9 Å². The van der Waals surface area contributed by atoms with Crippen molar-refractivity contribution in [3.8, 4) is 5.75 Å². The fourth-order valence-electron chi connectivity index (χ4n) is 2.75.